The Kier molecular flexibility index (Phi) is 3.78. The summed E-state index contributed by atoms with van der Waals surface area (Å²) in [4.78, 5) is 35.8. The van der Waals surface area contributed by atoms with Gasteiger partial charge in [0.2, 0.25) is 5.91 Å². The minimum absolute atomic E-state index is 0.0456. The van der Waals surface area contributed by atoms with Crippen molar-refractivity contribution in [3.8, 4) is 0 Å². The summed E-state index contributed by atoms with van der Waals surface area (Å²) in [5.41, 5.74) is -0.661. The fraction of sp³-hybridized carbons (Fsp3) is 0.364. The van der Waals surface area contributed by atoms with Crippen LogP contribution in [0, 0.1) is 10.1 Å². The van der Waals surface area contributed by atoms with Crippen molar-refractivity contribution in [1.82, 2.24) is 10.3 Å². The summed E-state index contributed by atoms with van der Waals surface area (Å²) in [5.74, 6) is -1.31. The van der Waals surface area contributed by atoms with Crippen molar-refractivity contribution in [3.63, 3.8) is 0 Å². The third kappa shape index (κ3) is 2.99. The Labute approximate surface area is 113 Å². The number of carbonyl (C=O) groups is 2. The first-order valence-corrected chi connectivity index (χ1v) is 5.88. The molecule has 1 unspecified atom stereocenters. The van der Waals surface area contributed by atoms with Gasteiger partial charge in [0.25, 0.3) is 5.69 Å². The van der Waals surface area contributed by atoms with E-state index in [2.05, 4.69) is 15.6 Å². The lowest BCUT2D eigenvalue weighted by Crippen LogP contribution is -2.32. The van der Waals surface area contributed by atoms with Gasteiger partial charge in [-0.05, 0) is 6.42 Å². The fourth-order valence-corrected chi connectivity index (χ4v) is 1.91. The number of anilines is 1. The third-order valence-corrected chi connectivity index (χ3v) is 2.92. The molecule has 1 aromatic heterocycles. The van der Waals surface area contributed by atoms with Crippen molar-refractivity contribution in [2.45, 2.75) is 18.9 Å². The van der Waals surface area contributed by atoms with Crippen LogP contribution in [0.5, 0.6) is 0 Å². The summed E-state index contributed by atoms with van der Waals surface area (Å²) >= 11 is 0. The number of carboxylic acid groups (broad SMARTS) is 1. The highest BCUT2D eigenvalue weighted by atomic mass is 16.6. The van der Waals surface area contributed by atoms with Crippen LogP contribution in [-0.2, 0) is 4.79 Å². The van der Waals surface area contributed by atoms with E-state index in [-0.39, 0.29) is 29.0 Å². The summed E-state index contributed by atoms with van der Waals surface area (Å²) in [5, 5.41) is 25.1. The molecule has 0 aromatic carbocycles. The molecule has 0 bridgehead atoms. The summed E-state index contributed by atoms with van der Waals surface area (Å²) < 4.78 is 0. The van der Waals surface area contributed by atoms with Gasteiger partial charge in [0, 0.05) is 25.1 Å². The van der Waals surface area contributed by atoms with Gasteiger partial charge in [0.1, 0.15) is 17.6 Å². The second-order valence-electron chi connectivity index (χ2n) is 4.34. The Morgan fingerprint density at radius 3 is 2.95 bits per heavy atom. The maximum absolute atomic E-state index is 11.1. The molecular formula is C11H12N4O5. The van der Waals surface area contributed by atoms with Crippen LogP contribution in [0.25, 0.3) is 0 Å². The number of hydrogen-bond donors (Lipinski definition) is 3. The van der Waals surface area contributed by atoms with Crippen LogP contribution < -0.4 is 10.6 Å². The van der Waals surface area contributed by atoms with Crippen molar-refractivity contribution in [2.75, 3.05) is 11.9 Å². The molecule has 1 saturated heterocycles. The molecule has 9 heteroatoms. The molecule has 3 N–H and O–H groups in total. The van der Waals surface area contributed by atoms with Gasteiger partial charge in [0.05, 0.1) is 4.92 Å². The Bertz CT molecular complexity index is 574. The Morgan fingerprint density at radius 2 is 2.40 bits per heavy atom. The summed E-state index contributed by atoms with van der Waals surface area (Å²) in [6.07, 6.45) is 2.08. The summed E-state index contributed by atoms with van der Waals surface area (Å²) in [7, 11) is 0. The zero-order valence-corrected chi connectivity index (χ0v) is 10.3. The second kappa shape index (κ2) is 5.51. The van der Waals surface area contributed by atoms with Crippen LogP contribution in [0.15, 0.2) is 12.3 Å². The first-order chi connectivity index (χ1) is 9.47. The zero-order valence-electron chi connectivity index (χ0n) is 10.3. The van der Waals surface area contributed by atoms with Crippen LogP contribution in [-0.4, -0.2) is 39.5 Å². The first kappa shape index (κ1) is 13.7. The molecular weight excluding hydrogens is 268 g/mol. The number of rotatable bonds is 5. The van der Waals surface area contributed by atoms with Gasteiger partial charge in [-0.1, -0.05) is 0 Å². The first-order valence-electron chi connectivity index (χ1n) is 5.88. The summed E-state index contributed by atoms with van der Waals surface area (Å²) in [6, 6.07) is 0.853. The lowest BCUT2D eigenvalue weighted by molar-refractivity contribution is -0.385. The average Bonchev–Trinajstić information content (AvgIpc) is 2.81. The van der Waals surface area contributed by atoms with Gasteiger partial charge >= 0.3 is 5.97 Å². The number of aromatic carboxylic acids is 1. The third-order valence-electron chi connectivity index (χ3n) is 2.92. The van der Waals surface area contributed by atoms with E-state index < -0.39 is 10.9 Å². The Morgan fingerprint density at radius 1 is 1.65 bits per heavy atom. The number of nitrogens with one attached hydrogen (secondary N) is 2. The summed E-state index contributed by atoms with van der Waals surface area (Å²) in [6.45, 7) is 0.316. The lowest BCUT2D eigenvalue weighted by Gasteiger charge is -2.13. The number of nitrogens with zero attached hydrogens (tertiary/aromatic N) is 2. The van der Waals surface area contributed by atoms with E-state index >= 15 is 0 Å². The van der Waals surface area contributed by atoms with E-state index in [1.807, 2.05) is 0 Å². The predicted molar refractivity (Wildman–Crippen MR) is 67.5 cm³/mol. The highest BCUT2D eigenvalue weighted by Gasteiger charge is 2.22. The highest BCUT2D eigenvalue weighted by Crippen LogP contribution is 2.19. The number of hydrogen-bond acceptors (Lipinski definition) is 6. The maximum atomic E-state index is 11.1. The normalized spacial score (nSPS) is 17.6. The van der Waals surface area contributed by atoms with Crippen molar-refractivity contribution < 1.29 is 19.6 Å². The van der Waals surface area contributed by atoms with Gasteiger partial charge in [-0.3, -0.25) is 14.9 Å². The van der Waals surface area contributed by atoms with E-state index in [9.17, 15) is 19.7 Å². The molecule has 0 saturated carbocycles. The Hall–Kier alpha value is -2.71. The second-order valence-corrected chi connectivity index (χ2v) is 4.34. The van der Waals surface area contributed by atoms with Gasteiger partial charge in [0.15, 0.2) is 0 Å². The molecule has 9 nitrogen and oxygen atoms in total. The molecule has 0 radical (unpaired) electrons. The van der Waals surface area contributed by atoms with E-state index in [0.717, 1.165) is 12.3 Å². The van der Waals surface area contributed by atoms with Crippen molar-refractivity contribution in [3.05, 3.63) is 27.9 Å². The molecule has 1 aromatic rings. The number of carboxylic acids is 1. The zero-order chi connectivity index (χ0) is 14.7. The topological polar surface area (TPSA) is 134 Å². The highest BCUT2D eigenvalue weighted by molar-refractivity contribution is 5.93. The minimum atomic E-state index is -1.31. The van der Waals surface area contributed by atoms with Gasteiger partial charge < -0.3 is 15.7 Å². The van der Waals surface area contributed by atoms with Crippen LogP contribution in [0.1, 0.15) is 23.2 Å². The number of aromatic nitrogens is 1. The van der Waals surface area contributed by atoms with Crippen LogP contribution in [0.2, 0.25) is 0 Å². The van der Waals surface area contributed by atoms with E-state index in [1.165, 1.54) is 0 Å². The molecule has 20 heavy (non-hydrogen) atoms. The quantitative estimate of drug-likeness (QED) is 0.524. The molecule has 106 valence electrons. The lowest BCUT2D eigenvalue weighted by atomic mass is 10.2. The molecule has 1 aliphatic heterocycles. The molecule has 2 rings (SSSR count). The van der Waals surface area contributed by atoms with Crippen LogP contribution >= 0.6 is 0 Å². The van der Waals surface area contributed by atoms with Crippen molar-refractivity contribution >= 4 is 23.4 Å². The molecule has 2 heterocycles. The van der Waals surface area contributed by atoms with Crippen LogP contribution in [0.3, 0.4) is 0 Å². The predicted octanol–water partition coefficient (Wildman–Crippen LogP) is 0.378. The SMILES string of the molecule is O=C1CCC(CNc2ncc([N+](=O)[O-])cc2C(=O)O)N1. The fourth-order valence-electron chi connectivity index (χ4n) is 1.91. The molecule has 1 atom stereocenters. The van der Waals surface area contributed by atoms with E-state index in [0.29, 0.717) is 19.4 Å². The molecule has 1 amide bonds. The van der Waals surface area contributed by atoms with E-state index in [4.69, 9.17) is 5.11 Å². The number of nitro groups is 1. The Balaban J connectivity index is 2.12. The number of pyridine rings is 1. The van der Waals surface area contributed by atoms with Gasteiger partial charge in [-0.15, -0.1) is 0 Å². The molecule has 1 aliphatic rings. The largest absolute Gasteiger partial charge is 0.478 e. The average molecular weight is 280 g/mol. The molecule has 0 aliphatic carbocycles. The molecule has 1 fully saturated rings. The monoisotopic (exact) mass is 280 g/mol. The van der Waals surface area contributed by atoms with Crippen molar-refractivity contribution in [1.29, 1.82) is 0 Å². The number of carbonyl (C=O) groups excluding carboxylic acids is 1. The smallest absolute Gasteiger partial charge is 0.339 e. The maximum Gasteiger partial charge on any atom is 0.339 e. The van der Waals surface area contributed by atoms with Crippen LogP contribution in [0.4, 0.5) is 11.5 Å². The molecule has 0 spiro atoms. The van der Waals surface area contributed by atoms with Crippen molar-refractivity contribution in [2.24, 2.45) is 0 Å². The van der Waals surface area contributed by atoms with E-state index in [1.54, 1.807) is 0 Å². The van der Waals surface area contributed by atoms with Gasteiger partial charge in [-0.25, -0.2) is 9.78 Å². The standard InChI is InChI=1S/C11H12N4O5/c16-9-2-1-6(14-9)4-12-10-8(11(17)18)3-7(5-13-10)15(19)20/h3,5-6H,1-2,4H2,(H,12,13)(H,14,16)(H,17,18). The minimum Gasteiger partial charge on any atom is -0.478 e. The van der Waals surface area contributed by atoms with Gasteiger partial charge in [-0.2, -0.15) is 0 Å². The number of amides is 1.